The third kappa shape index (κ3) is 66.0. The van der Waals surface area contributed by atoms with Crippen LogP contribution in [0.4, 0.5) is 0 Å². The molecule has 0 spiro atoms. The van der Waals surface area contributed by atoms with Gasteiger partial charge >= 0.3 is 17.9 Å². The smallest absolute Gasteiger partial charge is 0.306 e. The van der Waals surface area contributed by atoms with Gasteiger partial charge in [0.25, 0.3) is 0 Å². The topological polar surface area (TPSA) is 78.9 Å². The summed E-state index contributed by atoms with van der Waals surface area (Å²) in [4.78, 5) is 38.3. The Labute approximate surface area is 499 Å². The zero-order valence-electron chi connectivity index (χ0n) is 52.5. The van der Waals surface area contributed by atoms with Crippen LogP contribution in [0, 0.1) is 0 Å². The number of ether oxygens (including phenoxy) is 3. The molecule has 0 rings (SSSR count). The van der Waals surface area contributed by atoms with E-state index in [1.807, 2.05) is 0 Å². The summed E-state index contributed by atoms with van der Waals surface area (Å²) >= 11 is 0. The van der Waals surface area contributed by atoms with E-state index in [4.69, 9.17) is 14.2 Å². The summed E-state index contributed by atoms with van der Waals surface area (Å²) in [5.74, 6) is -0.961. The van der Waals surface area contributed by atoms with E-state index in [-0.39, 0.29) is 31.1 Å². The summed E-state index contributed by atoms with van der Waals surface area (Å²) < 4.78 is 16.9. The van der Waals surface area contributed by atoms with E-state index in [1.165, 1.54) is 116 Å². The molecule has 0 saturated heterocycles. The molecule has 0 heterocycles. The third-order valence-electron chi connectivity index (χ3n) is 13.8. The molecule has 0 aliphatic carbocycles. The second kappa shape index (κ2) is 67.8. The summed E-state index contributed by atoms with van der Waals surface area (Å²) in [6.45, 7) is 6.43. The largest absolute Gasteiger partial charge is 0.462 e. The lowest BCUT2D eigenvalue weighted by Crippen LogP contribution is -2.30. The third-order valence-corrected chi connectivity index (χ3v) is 13.8. The van der Waals surface area contributed by atoms with Crippen molar-refractivity contribution in [2.24, 2.45) is 0 Å². The second-order valence-corrected chi connectivity index (χ2v) is 21.6. The molecule has 1 atom stereocenters. The molecule has 0 saturated carbocycles. The van der Waals surface area contributed by atoms with Gasteiger partial charge in [-0.2, -0.15) is 0 Å². The van der Waals surface area contributed by atoms with Crippen molar-refractivity contribution in [1.82, 2.24) is 0 Å². The fourth-order valence-corrected chi connectivity index (χ4v) is 8.80. The van der Waals surface area contributed by atoms with Crippen molar-refractivity contribution in [3.8, 4) is 0 Å². The van der Waals surface area contributed by atoms with Crippen molar-refractivity contribution >= 4 is 17.9 Å². The van der Waals surface area contributed by atoms with Gasteiger partial charge in [0.05, 0.1) is 0 Å². The van der Waals surface area contributed by atoms with Crippen LogP contribution in [0.1, 0.15) is 290 Å². The average molecular weight is 1120 g/mol. The van der Waals surface area contributed by atoms with E-state index in [2.05, 4.69) is 167 Å². The van der Waals surface area contributed by atoms with E-state index in [0.29, 0.717) is 25.7 Å². The van der Waals surface area contributed by atoms with Gasteiger partial charge in [-0.05, 0) is 141 Å². The van der Waals surface area contributed by atoms with Crippen LogP contribution in [0.15, 0.2) is 146 Å². The SMILES string of the molecule is CC/C=C\C/C=C\C/C=C\C/C=C\C/C=C\C/C=C\C/C=C\C/C=C\CCCCC(=O)OCC(COC(=O)CCCCCCC/C=C\CCCC)OC(=O)CCCCCCCCCCCC/C=C\C/C=C\C/C=C\CCCCCCC. The van der Waals surface area contributed by atoms with Crippen LogP contribution >= 0.6 is 0 Å². The summed E-state index contributed by atoms with van der Waals surface area (Å²) in [5, 5.41) is 0. The summed E-state index contributed by atoms with van der Waals surface area (Å²) in [6.07, 6.45) is 97.2. The Morgan fingerprint density at radius 1 is 0.259 bits per heavy atom. The lowest BCUT2D eigenvalue weighted by molar-refractivity contribution is -0.167. The minimum Gasteiger partial charge on any atom is -0.462 e. The van der Waals surface area contributed by atoms with E-state index in [1.54, 1.807) is 0 Å². The van der Waals surface area contributed by atoms with Gasteiger partial charge in [0.15, 0.2) is 6.10 Å². The van der Waals surface area contributed by atoms with Crippen molar-refractivity contribution in [1.29, 1.82) is 0 Å². The monoisotopic (exact) mass is 1120 g/mol. The van der Waals surface area contributed by atoms with E-state index in [9.17, 15) is 14.4 Å². The number of carbonyl (C=O) groups excluding carboxylic acids is 3. The Hall–Kier alpha value is -4.71. The minimum atomic E-state index is -0.809. The van der Waals surface area contributed by atoms with E-state index < -0.39 is 6.10 Å². The molecule has 0 N–H and O–H groups in total. The molecule has 0 aliphatic heterocycles. The molecule has 0 radical (unpaired) electrons. The van der Waals surface area contributed by atoms with E-state index >= 15 is 0 Å². The first-order valence-corrected chi connectivity index (χ1v) is 33.3. The molecule has 0 fully saturated rings. The molecule has 0 aliphatic rings. The molecule has 6 nitrogen and oxygen atoms in total. The Bertz CT molecular complexity index is 1760. The summed E-state index contributed by atoms with van der Waals surface area (Å²) in [6, 6.07) is 0. The molecule has 0 aromatic carbocycles. The maximum absolute atomic E-state index is 12.9. The first-order chi connectivity index (χ1) is 40.0. The number of hydrogen-bond acceptors (Lipinski definition) is 6. The van der Waals surface area contributed by atoms with Gasteiger partial charge in [0, 0.05) is 19.3 Å². The van der Waals surface area contributed by atoms with Crippen molar-refractivity contribution < 1.29 is 28.6 Å². The van der Waals surface area contributed by atoms with Crippen LogP contribution in [0.5, 0.6) is 0 Å². The highest BCUT2D eigenvalue weighted by atomic mass is 16.6. The average Bonchev–Trinajstić information content (AvgIpc) is 3.47. The summed E-state index contributed by atoms with van der Waals surface area (Å²) in [7, 11) is 0. The van der Waals surface area contributed by atoms with Gasteiger partial charge in [0.1, 0.15) is 13.2 Å². The van der Waals surface area contributed by atoms with Crippen molar-refractivity contribution in [3.05, 3.63) is 146 Å². The quantitative estimate of drug-likeness (QED) is 0.0261. The van der Waals surface area contributed by atoms with Crippen LogP contribution in [0.2, 0.25) is 0 Å². The van der Waals surface area contributed by atoms with Gasteiger partial charge in [-0.1, -0.05) is 276 Å². The summed E-state index contributed by atoms with van der Waals surface area (Å²) in [5.41, 5.74) is 0. The van der Waals surface area contributed by atoms with Gasteiger partial charge in [-0.15, -0.1) is 0 Å². The Morgan fingerprint density at radius 3 is 0.827 bits per heavy atom. The maximum Gasteiger partial charge on any atom is 0.306 e. The maximum atomic E-state index is 12.9. The molecule has 0 aromatic heterocycles. The Kier molecular flexibility index (Phi) is 63.9. The van der Waals surface area contributed by atoms with Crippen molar-refractivity contribution in [2.45, 2.75) is 297 Å². The predicted octanol–water partition coefficient (Wildman–Crippen LogP) is 23.1. The van der Waals surface area contributed by atoms with Gasteiger partial charge in [-0.25, -0.2) is 0 Å². The van der Waals surface area contributed by atoms with Crippen molar-refractivity contribution in [3.63, 3.8) is 0 Å². The number of hydrogen-bond donors (Lipinski definition) is 0. The highest BCUT2D eigenvalue weighted by Crippen LogP contribution is 2.15. The van der Waals surface area contributed by atoms with Gasteiger partial charge in [-0.3, -0.25) is 14.4 Å². The second-order valence-electron chi connectivity index (χ2n) is 21.6. The first kappa shape index (κ1) is 76.3. The number of unbranched alkanes of at least 4 members (excludes halogenated alkanes) is 24. The highest BCUT2D eigenvalue weighted by Gasteiger charge is 2.19. The zero-order valence-corrected chi connectivity index (χ0v) is 52.5. The zero-order chi connectivity index (χ0) is 58.5. The fourth-order valence-electron chi connectivity index (χ4n) is 8.80. The molecule has 0 bridgehead atoms. The normalized spacial score (nSPS) is 13.1. The standard InChI is InChI=1S/C75H122O6/c1-4-7-10-13-16-19-22-24-26-28-30-32-34-36-37-39-40-42-44-46-48-50-53-56-59-62-65-68-74(77)80-71-72(70-79-73(76)67-64-61-58-55-52-21-18-15-12-9-6-3)81-75(78)69-66-63-60-57-54-51-49-47-45-43-41-38-35-33-31-29-27-25-23-20-17-14-11-8-5-2/h7,10,15-16,18-19,23-26,29-32,35-38,40,42,46,48,53,56,72H,4-6,8-9,11-14,17,20-22,27-28,33-34,39,41,43-45,47,49-52,54-55,57-71H2,1-3H3/b10-7-,18-15-,19-16-,25-23-,26-24-,31-29-,32-30-,37-36-,38-35-,42-40-,48-46-,56-53-. The predicted molar refractivity (Wildman–Crippen MR) is 352 cm³/mol. The molecule has 6 heteroatoms. The van der Waals surface area contributed by atoms with Crippen LogP contribution in [0.25, 0.3) is 0 Å². The van der Waals surface area contributed by atoms with Gasteiger partial charge < -0.3 is 14.2 Å². The molecule has 1 unspecified atom stereocenters. The molecular weight excluding hydrogens is 997 g/mol. The van der Waals surface area contributed by atoms with Crippen LogP contribution in [-0.2, 0) is 28.6 Å². The number of rotatable bonds is 59. The number of carbonyl (C=O) groups is 3. The lowest BCUT2D eigenvalue weighted by Gasteiger charge is -2.18. The molecule has 0 aromatic rings. The van der Waals surface area contributed by atoms with Crippen LogP contribution in [-0.4, -0.2) is 37.2 Å². The van der Waals surface area contributed by atoms with Crippen LogP contribution < -0.4 is 0 Å². The Balaban J connectivity index is 4.39. The van der Waals surface area contributed by atoms with Crippen molar-refractivity contribution in [2.75, 3.05) is 13.2 Å². The van der Waals surface area contributed by atoms with Crippen LogP contribution in [0.3, 0.4) is 0 Å². The number of esters is 3. The Morgan fingerprint density at radius 2 is 0.494 bits per heavy atom. The number of allylic oxidation sites excluding steroid dienone is 24. The molecule has 81 heavy (non-hydrogen) atoms. The fraction of sp³-hybridized carbons (Fsp3) is 0.640. The van der Waals surface area contributed by atoms with E-state index in [0.717, 1.165) is 128 Å². The molecule has 458 valence electrons. The minimum absolute atomic E-state index is 0.102. The molecular formula is C75H122O6. The molecule has 0 amide bonds. The van der Waals surface area contributed by atoms with Gasteiger partial charge in [0.2, 0.25) is 0 Å². The highest BCUT2D eigenvalue weighted by molar-refractivity contribution is 5.71. The first-order valence-electron chi connectivity index (χ1n) is 33.3. The lowest BCUT2D eigenvalue weighted by atomic mass is 10.0.